The minimum atomic E-state index is -4.71. The summed E-state index contributed by atoms with van der Waals surface area (Å²) in [5, 5.41) is 3.02. The van der Waals surface area contributed by atoms with Gasteiger partial charge in [-0.1, -0.05) is 287 Å². The van der Waals surface area contributed by atoms with Gasteiger partial charge in [0.25, 0.3) is 7.82 Å². The summed E-state index contributed by atoms with van der Waals surface area (Å²) in [6, 6.07) is -0.904. The van der Waals surface area contributed by atoms with Crippen molar-refractivity contribution in [2.45, 2.75) is 335 Å². The molecule has 1 N–H and O–H groups in total. The van der Waals surface area contributed by atoms with Crippen LogP contribution in [0.5, 0.6) is 0 Å². The van der Waals surface area contributed by atoms with E-state index in [0.717, 1.165) is 77.0 Å². The largest absolute Gasteiger partial charge is 0.756 e. The Bertz CT molecular complexity index is 1630. The fraction of sp³-hybridized carbons (Fsp3) is 0.806. The molecule has 0 fully saturated rings. The predicted octanol–water partition coefficient (Wildman–Crippen LogP) is 21.3. The number of nitrogens with zero attached hydrogens (tertiary/aromatic N) is 1. The standard InChI is InChI=1S/C72H133N2O7P/c1-7-10-13-16-19-22-25-28-30-32-33-34-35-36-37-38-39-40-41-42-44-47-50-53-56-59-62-65-72(76)81-70(63-60-57-54-51-48-45-27-24-21-18-15-12-9-3)69(68-80-82(77,78)79-67-66-74(4,5)6)73-71(75)64-61-58-55-52-49-46-43-31-29-26-23-20-17-14-11-8-2/h19,22,28,30-31,33-34,43,46,49,60,63,69-70H,7-18,20-21,23-27,29,32,35-42,44-45,47-48,50-59,61-62,64-68H2,1-6H3,(H-,73,75,77,78)/b22-19-,30-28-,34-33-,43-31+,49-46+,63-60-. The number of phosphoric acid groups is 1. The lowest BCUT2D eigenvalue weighted by molar-refractivity contribution is -0.870. The highest BCUT2D eigenvalue weighted by molar-refractivity contribution is 7.45. The molecule has 0 saturated carbocycles. The van der Waals surface area contributed by atoms with Crippen LogP contribution < -0.4 is 10.2 Å². The Morgan fingerprint density at radius 2 is 0.780 bits per heavy atom. The molecule has 0 rings (SSSR count). The fourth-order valence-electron chi connectivity index (χ4n) is 9.99. The maximum atomic E-state index is 13.6. The highest BCUT2D eigenvalue weighted by atomic mass is 31.2. The molecule has 82 heavy (non-hydrogen) atoms. The van der Waals surface area contributed by atoms with E-state index in [-0.39, 0.29) is 31.3 Å². The molecular weight excluding hydrogens is 1040 g/mol. The molecule has 0 radical (unpaired) electrons. The minimum absolute atomic E-state index is 0.0284. The lowest BCUT2D eigenvalue weighted by Gasteiger charge is -2.30. The summed E-state index contributed by atoms with van der Waals surface area (Å²) in [5.41, 5.74) is 0. The molecule has 0 aliphatic rings. The number of ether oxygens (including phenoxy) is 1. The molecule has 0 saturated heterocycles. The lowest BCUT2D eigenvalue weighted by atomic mass is 10.0. The maximum absolute atomic E-state index is 13.6. The Labute approximate surface area is 508 Å². The van der Waals surface area contributed by atoms with Gasteiger partial charge in [-0.05, 0) is 96.0 Å². The third-order valence-electron chi connectivity index (χ3n) is 15.4. The number of hydrogen-bond acceptors (Lipinski definition) is 7. The van der Waals surface area contributed by atoms with Crippen LogP contribution in [0.15, 0.2) is 72.9 Å². The van der Waals surface area contributed by atoms with Crippen LogP contribution in [-0.4, -0.2) is 69.4 Å². The van der Waals surface area contributed by atoms with Crippen LogP contribution in [0.2, 0.25) is 0 Å². The van der Waals surface area contributed by atoms with Crippen molar-refractivity contribution in [3.05, 3.63) is 72.9 Å². The van der Waals surface area contributed by atoms with Gasteiger partial charge in [0.05, 0.1) is 33.8 Å². The van der Waals surface area contributed by atoms with Crippen molar-refractivity contribution in [1.82, 2.24) is 5.32 Å². The number of carbonyl (C=O) groups is 2. The number of phosphoric ester groups is 1. The van der Waals surface area contributed by atoms with E-state index in [2.05, 4.69) is 86.8 Å². The van der Waals surface area contributed by atoms with E-state index in [4.69, 9.17) is 13.8 Å². The van der Waals surface area contributed by atoms with Crippen molar-refractivity contribution in [2.24, 2.45) is 0 Å². The SMILES string of the molecule is CCCCC/C=C\C/C=C\C/C=C\CCCCCCCCCCCCCCCCC(=O)OC(/C=C\CCCCCCCCCCCCC)C(COP(=O)([O-])OCC[N+](C)(C)C)NC(=O)CCCCC/C=C/C=C/CCCCCCCCC. The molecule has 478 valence electrons. The molecular formula is C72H133N2O7P. The van der Waals surface area contributed by atoms with Gasteiger partial charge in [0, 0.05) is 12.8 Å². The molecule has 0 aromatic carbocycles. The van der Waals surface area contributed by atoms with Crippen molar-refractivity contribution < 1.29 is 37.3 Å². The molecule has 0 heterocycles. The molecule has 9 nitrogen and oxygen atoms in total. The summed E-state index contributed by atoms with van der Waals surface area (Å²) in [7, 11) is 1.17. The summed E-state index contributed by atoms with van der Waals surface area (Å²) in [5.74, 6) is -0.564. The Morgan fingerprint density at radius 3 is 1.22 bits per heavy atom. The Hall–Kier alpha value is -2.55. The van der Waals surface area contributed by atoms with Crippen LogP contribution in [0.1, 0.15) is 323 Å². The van der Waals surface area contributed by atoms with Gasteiger partial charge in [-0.15, -0.1) is 0 Å². The van der Waals surface area contributed by atoms with Crippen LogP contribution >= 0.6 is 7.82 Å². The van der Waals surface area contributed by atoms with Crippen LogP contribution in [0.4, 0.5) is 0 Å². The van der Waals surface area contributed by atoms with Crippen LogP contribution in [0.3, 0.4) is 0 Å². The number of carbonyl (C=O) groups excluding carboxylic acids is 2. The van der Waals surface area contributed by atoms with Crippen molar-refractivity contribution in [3.63, 3.8) is 0 Å². The highest BCUT2D eigenvalue weighted by Gasteiger charge is 2.27. The first kappa shape index (κ1) is 79.5. The van der Waals surface area contributed by atoms with Gasteiger partial charge < -0.3 is 28.5 Å². The van der Waals surface area contributed by atoms with Crippen molar-refractivity contribution in [3.8, 4) is 0 Å². The highest BCUT2D eigenvalue weighted by Crippen LogP contribution is 2.38. The summed E-state index contributed by atoms with van der Waals surface area (Å²) >= 11 is 0. The topological polar surface area (TPSA) is 114 Å². The van der Waals surface area contributed by atoms with E-state index in [1.54, 1.807) is 0 Å². The van der Waals surface area contributed by atoms with Crippen LogP contribution in [-0.2, 0) is 27.9 Å². The number of hydrogen-bond donors (Lipinski definition) is 1. The molecule has 0 aromatic heterocycles. The molecule has 0 bridgehead atoms. The van der Waals surface area contributed by atoms with Gasteiger partial charge in [0.15, 0.2) is 0 Å². The summed E-state index contributed by atoms with van der Waals surface area (Å²) in [4.78, 5) is 40.1. The average molecular weight is 1170 g/mol. The smallest absolute Gasteiger partial charge is 0.306 e. The van der Waals surface area contributed by atoms with Gasteiger partial charge >= 0.3 is 5.97 Å². The zero-order chi connectivity index (χ0) is 60.0. The van der Waals surface area contributed by atoms with Crippen molar-refractivity contribution in [1.29, 1.82) is 0 Å². The number of allylic oxidation sites excluding steroid dienone is 11. The number of rotatable bonds is 63. The van der Waals surface area contributed by atoms with Gasteiger partial charge in [0.2, 0.25) is 5.91 Å². The minimum Gasteiger partial charge on any atom is -0.756 e. The van der Waals surface area contributed by atoms with Gasteiger partial charge in [0.1, 0.15) is 19.3 Å². The number of nitrogens with one attached hydrogen (secondary N) is 1. The molecule has 3 unspecified atom stereocenters. The van der Waals surface area contributed by atoms with Gasteiger partial charge in [-0.3, -0.25) is 14.2 Å². The zero-order valence-corrected chi connectivity index (χ0v) is 55.6. The molecule has 0 spiro atoms. The quantitative estimate of drug-likeness (QED) is 0.0161. The molecule has 10 heteroatoms. The van der Waals surface area contributed by atoms with E-state index < -0.39 is 26.6 Å². The molecule has 0 aromatic rings. The number of amides is 1. The maximum Gasteiger partial charge on any atom is 0.306 e. The van der Waals surface area contributed by atoms with E-state index in [1.165, 1.54) is 205 Å². The van der Waals surface area contributed by atoms with E-state index >= 15 is 0 Å². The Balaban J connectivity index is 5.09. The lowest BCUT2D eigenvalue weighted by Crippen LogP contribution is -2.47. The van der Waals surface area contributed by atoms with E-state index in [9.17, 15) is 19.0 Å². The summed E-state index contributed by atoms with van der Waals surface area (Å²) in [6.45, 7) is 6.82. The van der Waals surface area contributed by atoms with E-state index in [1.807, 2.05) is 33.3 Å². The first-order valence-electron chi connectivity index (χ1n) is 34.8. The number of esters is 1. The molecule has 1 amide bonds. The third kappa shape index (κ3) is 62.0. The van der Waals surface area contributed by atoms with Gasteiger partial charge in [-0.2, -0.15) is 0 Å². The number of unbranched alkanes of at least 4 members (excludes halogenated alkanes) is 38. The number of quaternary nitrogens is 1. The molecule has 3 atom stereocenters. The molecule has 0 aliphatic carbocycles. The average Bonchev–Trinajstić information content (AvgIpc) is 3.45. The fourth-order valence-corrected chi connectivity index (χ4v) is 10.7. The van der Waals surface area contributed by atoms with Crippen LogP contribution in [0.25, 0.3) is 0 Å². The van der Waals surface area contributed by atoms with E-state index in [0.29, 0.717) is 17.4 Å². The second-order valence-corrected chi connectivity index (χ2v) is 26.1. The monoisotopic (exact) mass is 1170 g/mol. The Kier molecular flexibility index (Phi) is 59.6. The number of likely N-dealkylation sites (N-methyl/N-ethyl adjacent to an activating group) is 1. The predicted molar refractivity (Wildman–Crippen MR) is 353 cm³/mol. The first-order chi connectivity index (χ1) is 39.9. The Morgan fingerprint density at radius 1 is 0.439 bits per heavy atom. The second-order valence-electron chi connectivity index (χ2n) is 24.7. The summed E-state index contributed by atoms with van der Waals surface area (Å²) in [6.07, 6.45) is 80.3. The molecule has 0 aliphatic heterocycles. The van der Waals surface area contributed by atoms with Crippen LogP contribution in [0, 0.1) is 0 Å². The summed E-state index contributed by atoms with van der Waals surface area (Å²) < 4.78 is 30.4. The van der Waals surface area contributed by atoms with Crippen molar-refractivity contribution >= 4 is 19.7 Å². The third-order valence-corrected chi connectivity index (χ3v) is 16.4. The second kappa shape index (κ2) is 61.5. The van der Waals surface area contributed by atoms with Crippen molar-refractivity contribution in [2.75, 3.05) is 40.9 Å². The first-order valence-corrected chi connectivity index (χ1v) is 36.2. The van der Waals surface area contributed by atoms with Gasteiger partial charge in [-0.25, -0.2) is 0 Å². The normalized spacial score (nSPS) is 14.0. The zero-order valence-electron chi connectivity index (χ0n) is 54.7.